The van der Waals surface area contributed by atoms with E-state index in [1.807, 2.05) is 0 Å². The molecule has 0 aliphatic carbocycles. The largest absolute Gasteiger partial charge is 0.478 e. The van der Waals surface area contributed by atoms with Gasteiger partial charge in [0.1, 0.15) is 5.56 Å². The zero-order valence-corrected chi connectivity index (χ0v) is 9.26. The van der Waals surface area contributed by atoms with Gasteiger partial charge in [-0.15, -0.1) is 0 Å². The van der Waals surface area contributed by atoms with E-state index >= 15 is 0 Å². The summed E-state index contributed by atoms with van der Waals surface area (Å²) in [4.78, 5) is 19.2. The van der Waals surface area contributed by atoms with Gasteiger partial charge in [0.15, 0.2) is 0 Å². The minimum absolute atomic E-state index is 0.284. The van der Waals surface area contributed by atoms with Gasteiger partial charge in [-0.25, -0.2) is 4.79 Å². The number of nitrogens with zero attached hydrogens (tertiary/aromatic N) is 3. The Morgan fingerprint density at radius 2 is 2.06 bits per heavy atom. The first kappa shape index (κ1) is 10.9. The second-order valence-electron chi connectivity index (χ2n) is 3.99. The normalized spacial score (nSPS) is 17.4. The minimum Gasteiger partial charge on any atom is -0.478 e. The Balaban J connectivity index is 2.23. The summed E-state index contributed by atoms with van der Waals surface area (Å²) < 4.78 is 0. The van der Waals surface area contributed by atoms with Crippen molar-refractivity contribution >= 4 is 11.7 Å². The Labute approximate surface area is 94.3 Å². The van der Waals surface area contributed by atoms with Crippen LogP contribution >= 0.6 is 0 Å². The van der Waals surface area contributed by atoms with Gasteiger partial charge >= 0.3 is 5.97 Å². The highest BCUT2D eigenvalue weighted by molar-refractivity contribution is 5.94. The topological polar surface area (TPSA) is 56.7 Å². The highest BCUT2D eigenvalue weighted by Crippen LogP contribution is 2.20. The highest BCUT2D eigenvalue weighted by Gasteiger charge is 2.19. The Hall–Kier alpha value is -1.62. The Bertz CT molecular complexity index is 387. The molecule has 16 heavy (non-hydrogen) atoms. The average Bonchev–Trinajstić information content (AvgIpc) is 2.30. The van der Waals surface area contributed by atoms with Crippen molar-refractivity contribution in [3.63, 3.8) is 0 Å². The number of hydrogen-bond donors (Lipinski definition) is 1. The van der Waals surface area contributed by atoms with Crippen LogP contribution in [-0.2, 0) is 0 Å². The van der Waals surface area contributed by atoms with E-state index in [9.17, 15) is 4.79 Å². The molecule has 0 atom stereocenters. The number of carbonyl (C=O) groups is 1. The average molecular weight is 221 g/mol. The summed E-state index contributed by atoms with van der Waals surface area (Å²) in [5.74, 6) is -0.915. The lowest BCUT2D eigenvalue weighted by atomic mass is 10.2. The smallest absolute Gasteiger partial charge is 0.339 e. The number of piperazine rings is 1. The number of carboxylic acid groups (broad SMARTS) is 1. The monoisotopic (exact) mass is 221 g/mol. The molecule has 1 N–H and O–H groups in total. The summed E-state index contributed by atoms with van der Waals surface area (Å²) in [6, 6.07) is 1.77. The molecule has 0 bridgehead atoms. The van der Waals surface area contributed by atoms with Gasteiger partial charge in [-0.2, -0.15) is 0 Å². The Morgan fingerprint density at radius 3 is 2.69 bits per heavy atom. The van der Waals surface area contributed by atoms with Crippen molar-refractivity contribution in [3.05, 3.63) is 24.0 Å². The highest BCUT2D eigenvalue weighted by atomic mass is 16.4. The van der Waals surface area contributed by atoms with Crippen molar-refractivity contribution in [1.29, 1.82) is 0 Å². The van der Waals surface area contributed by atoms with Gasteiger partial charge in [0, 0.05) is 38.6 Å². The first-order valence-electron chi connectivity index (χ1n) is 5.29. The Morgan fingerprint density at radius 1 is 1.38 bits per heavy atom. The fraction of sp³-hybridized carbons (Fsp3) is 0.455. The summed E-state index contributed by atoms with van der Waals surface area (Å²) in [6.07, 6.45) is 3.05. The third-order valence-electron chi connectivity index (χ3n) is 2.87. The lowest BCUT2D eigenvalue weighted by Crippen LogP contribution is -2.45. The number of carboxylic acids is 1. The van der Waals surface area contributed by atoms with Crippen molar-refractivity contribution in [2.75, 3.05) is 38.1 Å². The molecule has 5 nitrogen and oxygen atoms in total. The van der Waals surface area contributed by atoms with Crippen LogP contribution in [0.3, 0.4) is 0 Å². The first-order chi connectivity index (χ1) is 7.68. The third-order valence-corrected chi connectivity index (χ3v) is 2.87. The molecule has 1 aromatic heterocycles. The van der Waals surface area contributed by atoms with Crippen LogP contribution in [0, 0.1) is 0 Å². The molecule has 0 radical (unpaired) electrons. The molecule has 86 valence electrons. The second kappa shape index (κ2) is 4.49. The first-order valence-corrected chi connectivity index (χ1v) is 5.29. The van der Waals surface area contributed by atoms with Crippen molar-refractivity contribution in [1.82, 2.24) is 9.88 Å². The van der Waals surface area contributed by atoms with Crippen LogP contribution in [0.15, 0.2) is 18.5 Å². The molecule has 1 aliphatic rings. The van der Waals surface area contributed by atoms with Crippen LogP contribution in [0.4, 0.5) is 5.69 Å². The molecule has 0 unspecified atom stereocenters. The van der Waals surface area contributed by atoms with E-state index < -0.39 is 5.97 Å². The molecule has 0 spiro atoms. The van der Waals surface area contributed by atoms with Gasteiger partial charge in [0.2, 0.25) is 0 Å². The number of pyridine rings is 1. The van der Waals surface area contributed by atoms with Gasteiger partial charge in [0.05, 0.1) is 5.69 Å². The van der Waals surface area contributed by atoms with Crippen LogP contribution in [0.25, 0.3) is 0 Å². The summed E-state index contributed by atoms with van der Waals surface area (Å²) >= 11 is 0. The van der Waals surface area contributed by atoms with E-state index in [0.29, 0.717) is 0 Å². The van der Waals surface area contributed by atoms with Crippen LogP contribution in [0.5, 0.6) is 0 Å². The van der Waals surface area contributed by atoms with E-state index in [1.165, 1.54) is 6.20 Å². The zero-order chi connectivity index (χ0) is 11.5. The van der Waals surface area contributed by atoms with Gasteiger partial charge in [-0.1, -0.05) is 0 Å². The molecule has 2 rings (SSSR count). The maximum atomic E-state index is 11.1. The number of aromatic nitrogens is 1. The predicted octanol–water partition coefficient (Wildman–Crippen LogP) is 0.532. The second-order valence-corrected chi connectivity index (χ2v) is 3.99. The van der Waals surface area contributed by atoms with E-state index in [0.717, 1.165) is 31.9 Å². The maximum Gasteiger partial charge on any atom is 0.339 e. The van der Waals surface area contributed by atoms with Crippen LogP contribution in [0.1, 0.15) is 10.4 Å². The molecule has 1 aromatic rings. The van der Waals surface area contributed by atoms with Crippen LogP contribution in [0.2, 0.25) is 0 Å². The van der Waals surface area contributed by atoms with E-state index in [4.69, 9.17) is 5.11 Å². The quantitative estimate of drug-likeness (QED) is 0.789. The van der Waals surface area contributed by atoms with Crippen molar-refractivity contribution in [2.45, 2.75) is 0 Å². The lowest BCUT2D eigenvalue weighted by Gasteiger charge is -2.34. The van der Waals surface area contributed by atoms with Gasteiger partial charge in [-0.3, -0.25) is 4.98 Å². The number of aromatic carboxylic acids is 1. The molecule has 1 fully saturated rings. The van der Waals surface area contributed by atoms with Crippen LogP contribution < -0.4 is 4.90 Å². The third kappa shape index (κ3) is 2.14. The molecule has 5 heteroatoms. The number of rotatable bonds is 2. The molecule has 0 saturated carbocycles. The van der Waals surface area contributed by atoms with Gasteiger partial charge < -0.3 is 14.9 Å². The number of anilines is 1. The molecule has 1 aliphatic heterocycles. The van der Waals surface area contributed by atoms with E-state index in [2.05, 4.69) is 21.8 Å². The molecular weight excluding hydrogens is 206 g/mol. The predicted molar refractivity (Wildman–Crippen MR) is 60.9 cm³/mol. The van der Waals surface area contributed by atoms with E-state index in [-0.39, 0.29) is 5.56 Å². The number of hydrogen-bond acceptors (Lipinski definition) is 4. The molecular formula is C11H15N3O2. The molecule has 0 aromatic carbocycles. The zero-order valence-electron chi connectivity index (χ0n) is 9.26. The Kier molecular flexibility index (Phi) is 3.05. The van der Waals surface area contributed by atoms with Crippen molar-refractivity contribution < 1.29 is 9.90 Å². The maximum absolute atomic E-state index is 11.1. The summed E-state index contributed by atoms with van der Waals surface area (Å²) in [6.45, 7) is 3.64. The lowest BCUT2D eigenvalue weighted by molar-refractivity contribution is 0.0697. The minimum atomic E-state index is -0.915. The van der Waals surface area contributed by atoms with Crippen LogP contribution in [-0.4, -0.2) is 54.2 Å². The summed E-state index contributed by atoms with van der Waals surface area (Å²) in [7, 11) is 2.07. The fourth-order valence-electron chi connectivity index (χ4n) is 1.88. The van der Waals surface area contributed by atoms with Crippen molar-refractivity contribution in [2.24, 2.45) is 0 Å². The SMILES string of the molecule is CN1CCN(c2ccncc2C(=O)O)CC1. The van der Waals surface area contributed by atoms with Gasteiger partial charge in [0.25, 0.3) is 0 Å². The molecule has 2 heterocycles. The van der Waals surface area contributed by atoms with Crippen molar-refractivity contribution in [3.8, 4) is 0 Å². The number of likely N-dealkylation sites (N-methyl/N-ethyl adjacent to an activating group) is 1. The standard InChI is InChI=1S/C11H15N3O2/c1-13-4-6-14(7-5-13)10-2-3-12-8-9(10)11(15)16/h2-3,8H,4-7H2,1H3,(H,15,16). The van der Waals surface area contributed by atoms with Gasteiger partial charge in [-0.05, 0) is 13.1 Å². The summed E-state index contributed by atoms with van der Waals surface area (Å²) in [5, 5.41) is 9.07. The summed E-state index contributed by atoms with van der Waals surface area (Å²) in [5.41, 5.74) is 1.06. The molecule has 0 amide bonds. The van der Waals surface area contributed by atoms with E-state index in [1.54, 1.807) is 12.3 Å². The fourth-order valence-corrected chi connectivity index (χ4v) is 1.88. The molecule has 1 saturated heterocycles.